The Bertz CT molecular complexity index is 624. The Kier molecular flexibility index (Phi) is 3.86. The summed E-state index contributed by atoms with van der Waals surface area (Å²) in [5, 5.41) is 11.5. The third kappa shape index (κ3) is 2.76. The summed E-state index contributed by atoms with van der Waals surface area (Å²) in [7, 11) is 0. The standard InChI is InChI=1S/C15H13Cl2FO/c1-9-3-4-10(7-14(9)18)15(2,19)12-8-11(16)5-6-13(12)17/h3-8,19H,1-2H3. The number of aliphatic hydroxyl groups is 1. The van der Waals surface area contributed by atoms with Gasteiger partial charge in [-0.1, -0.05) is 35.3 Å². The van der Waals surface area contributed by atoms with Gasteiger partial charge in [-0.2, -0.15) is 0 Å². The lowest BCUT2D eigenvalue weighted by Crippen LogP contribution is -2.23. The largest absolute Gasteiger partial charge is 0.381 e. The summed E-state index contributed by atoms with van der Waals surface area (Å²) in [6.07, 6.45) is 0. The molecule has 0 aliphatic carbocycles. The zero-order valence-electron chi connectivity index (χ0n) is 10.5. The first kappa shape index (κ1) is 14.3. The minimum atomic E-state index is -1.41. The fourth-order valence-electron chi connectivity index (χ4n) is 1.92. The maximum absolute atomic E-state index is 13.6. The maximum atomic E-state index is 13.6. The van der Waals surface area contributed by atoms with Gasteiger partial charge in [0.1, 0.15) is 11.4 Å². The summed E-state index contributed by atoms with van der Waals surface area (Å²) in [4.78, 5) is 0. The highest BCUT2D eigenvalue weighted by Crippen LogP contribution is 2.36. The predicted molar refractivity (Wildman–Crippen MR) is 76.3 cm³/mol. The molecule has 0 amide bonds. The normalized spacial score (nSPS) is 14.2. The quantitative estimate of drug-likeness (QED) is 0.852. The molecule has 2 aromatic rings. The van der Waals surface area contributed by atoms with Crippen molar-refractivity contribution in [3.05, 3.63) is 69.0 Å². The van der Waals surface area contributed by atoms with Gasteiger partial charge in [-0.05, 0) is 49.2 Å². The van der Waals surface area contributed by atoms with Gasteiger partial charge in [-0.15, -0.1) is 0 Å². The molecule has 1 nitrogen and oxygen atoms in total. The molecule has 19 heavy (non-hydrogen) atoms. The van der Waals surface area contributed by atoms with E-state index in [1.165, 1.54) is 6.07 Å². The molecule has 2 aromatic carbocycles. The third-order valence-electron chi connectivity index (χ3n) is 3.19. The zero-order chi connectivity index (χ0) is 14.2. The van der Waals surface area contributed by atoms with Crippen molar-refractivity contribution < 1.29 is 9.50 Å². The smallest absolute Gasteiger partial charge is 0.126 e. The van der Waals surface area contributed by atoms with Crippen LogP contribution in [0.3, 0.4) is 0 Å². The van der Waals surface area contributed by atoms with Crippen molar-refractivity contribution in [2.75, 3.05) is 0 Å². The van der Waals surface area contributed by atoms with Gasteiger partial charge >= 0.3 is 0 Å². The molecule has 1 atom stereocenters. The van der Waals surface area contributed by atoms with Gasteiger partial charge in [0.15, 0.2) is 0 Å². The van der Waals surface area contributed by atoms with Crippen LogP contribution >= 0.6 is 23.2 Å². The number of hydrogen-bond donors (Lipinski definition) is 1. The van der Waals surface area contributed by atoms with Crippen LogP contribution in [0.25, 0.3) is 0 Å². The lowest BCUT2D eigenvalue weighted by atomic mass is 9.87. The van der Waals surface area contributed by atoms with Gasteiger partial charge in [0, 0.05) is 15.6 Å². The minimum absolute atomic E-state index is 0.365. The van der Waals surface area contributed by atoms with Crippen LogP contribution in [0.1, 0.15) is 23.6 Å². The Balaban J connectivity index is 2.57. The summed E-state index contributed by atoms with van der Waals surface area (Å²) < 4.78 is 13.6. The molecule has 4 heteroatoms. The third-order valence-corrected chi connectivity index (χ3v) is 3.75. The van der Waals surface area contributed by atoms with E-state index in [2.05, 4.69) is 0 Å². The van der Waals surface area contributed by atoms with Crippen molar-refractivity contribution in [2.45, 2.75) is 19.4 Å². The van der Waals surface area contributed by atoms with Gasteiger partial charge in [-0.3, -0.25) is 0 Å². The molecule has 0 heterocycles. The summed E-state index contributed by atoms with van der Waals surface area (Å²) in [6.45, 7) is 3.23. The van der Waals surface area contributed by atoms with Crippen LogP contribution in [0.5, 0.6) is 0 Å². The average molecular weight is 299 g/mol. The van der Waals surface area contributed by atoms with Crippen molar-refractivity contribution >= 4 is 23.2 Å². The minimum Gasteiger partial charge on any atom is -0.381 e. The van der Waals surface area contributed by atoms with E-state index < -0.39 is 5.60 Å². The number of aryl methyl sites for hydroxylation is 1. The van der Waals surface area contributed by atoms with Gasteiger partial charge < -0.3 is 5.11 Å². The van der Waals surface area contributed by atoms with Crippen molar-refractivity contribution in [1.82, 2.24) is 0 Å². The second-order valence-corrected chi connectivity index (χ2v) is 5.50. The number of rotatable bonds is 2. The van der Waals surface area contributed by atoms with E-state index in [0.717, 1.165) is 0 Å². The molecule has 0 spiro atoms. The Labute approximate surface area is 121 Å². The van der Waals surface area contributed by atoms with E-state index in [1.807, 2.05) is 0 Å². The first-order valence-electron chi connectivity index (χ1n) is 5.77. The van der Waals surface area contributed by atoms with E-state index in [9.17, 15) is 9.50 Å². The SMILES string of the molecule is Cc1ccc(C(C)(O)c2cc(Cl)ccc2Cl)cc1F. The van der Waals surface area contributed by atoms with Crippen LogP contribution in [0.15, 0.2) is 36.4 Å². The van der Waals surface area contributed by atoms with Crippen molar-refractivity contribution in [3.63, 3.8) is 0 Å². The predicted octanol–water partition coefficient (Wildman–Crippen LogP) is 4.70. The van der Waals surface area contributed by atoms with Gasteiger partial charge in [-0.25, -0.2) is 4.39 Å². The van der Waals surface area contributed by atoms with Crippen molar-refractivity contribution in [3.8, 4) is 0 Å². The fraction of sp³-hybridized carbons (Fsp3) is 0.200. The highest BCUT2D eigenvalue weighted by atomic mass is 35.5. The van der Waals surface area contributed by atoms with Gasteiger partial charge in [0.2, 0.25) is 0 Å². The molecule has 0 aliphatic rings. The fourth-order valence-corrected chi connectivity index (χ4v) is 2.40. The molecule has 0 bridgehead atoms. The lowest BCUT2D eigenvalue weighted by Gasteiger charge is -2.26. The second kappa shape index (κ2) is 5.12. The highest BCUT2D eigenvalue weighted by Gasteiger charge is 2.28. The average Bonchev–Trinajstić information content (AvgIpc) is 2.35. The second-order valence-electron chi connectivity index (χ2n) is 4.66. The van der Waals surface area contributed by atoms with Crippen LogP contribution in [-0.4, -0.2) is 5.11 Å². The van der Waals surface area contributed by atoms with E-state index in [-0.39, 0.29) is 5.82 Å². The molecule has 2 rings (SSSR count). The Hall–Kier alpha value is -1.09. The summed E-state index contributed by atoms with van der Waals surface area (Å²) in [5.41, 5.74) is -0.00213. The first-order chi connectivity index (χ1) is 8.82. The maximum Gasteiger partial charge on any atom is 0.126 e. The Morgan fingerprint density at radius 3 is 2.42 bits per heavy atom. The van der Waals surface area contributed by atoms with Gasteiger partial charge in [0.05, 0.1) is 0 Å². The molecule has 0 aliphatic heterocycles. The summed E-state index contributed by atoms with van der Waals surface area (Å²) >= 11 is 12.0. The van der Waals surface area contributed by atoms with Gasteiger partial charge in [0.25, 0.3) is 0 Å². The Morgan fingerprint density at radius 1 is 1.11 bits per heavy atom. The molecule has 0 aromatic heterocycles. The number of benzene rings is 2. The molecule has 0 radical (unpaired) electrons. The van der Waals surface area contributed by atoms with Crippen LogP contribution < -0.4 is 0 Å². The first-order valence-corrected chi connectivity index (χ1v) is 6.52. The molecular weight excluding hydrogens is 286 g/mol. The molecule has 0 saturated carbocycles. The zero-order valence-corrected chi connectivity index (χ0v) is 12.1. The van der Waals surface area contributed by atoms with Crippen LogP contribution in [0.2, 0.25) is 10.0 Å². The number of halogens is 3. The molecule has 1 N–H and O–H groups in total. The summed E-state index contributed by atoms with van der Waals surface area (Å²) in [5.74, 6) is -0.365. The van der Waals surface area contributed by atoms with Crippen molar-refractivity contribution in [2.24, 2.45) is 0 Å². The lowest BCUT2D eigenvalue weighted by molar-refractivity contribution is 0.102. The molecule has 0 saturated heterocycles. The van der Waals surface area contributed by atoms with Crippen LogP contribution in [0.4, 0.5) is 4.39 Å². The van der Waals surface area contributed by atoms with E-state index >= 15 is 0 Å². The van der Waals surface area contributed by atoms with Crippen LogP contribution in [-0.2, 0) is 5.60 Å². The van der Waals surface area contributed by atoms with Crippen molar-refractivity contribution in [1.29, 1.82) is 0 Å². The topological polar surface area (TPSA) is 20.2 Å². The summed E-state index contributed by atoms with van der Waals surface area (Å²) in [6, 6.07) is 9.44. The highest BCUT2D eigenvalue weighted by molar-refractivity contribution is 6.33. The molecule has 100 valence electrons. The van der Waals surface area contributed by atoms with E-state index in [4.69, 9.17) is 23.2 Å². The monoisotopic (exact) mass is 298 g/mol. The van der Waals surface area contributed by atoms with Crippen LogP contribution in [0, 0.1) is 12.7 Å². The van der Waals surface area contributed by atoms with E-state index in [1.54, 1.807) is 44.2 Å². The molecule has 0 fully saturated rings. The number of hydrogen-bond acceptors (Lipinski definition) is 1. The Morgan fingerprint density at radius 2 is 1.79 bits per heavy atom. The molecular formula is C15H13Cl2FO. The molecule has 1 unspecified atom stereocenters. The van der Waals surface area contributed by atoms with E-state index in [0.29, 0.717) is 26.7 Å².